The first kappa shape index (κ1) is 20.2. The largest absolute Gasteiger partial charge is 0.484 e. The van der Waals surface area contributed by atoms with Crippen molar-refractivity contribution >= 4 is 11.9 Å². The van der Waals surface area contributed by atoms with E-state index in [-0.39, 0.29) is 24.8 Å². The van der Waals surface area contributed by atoms with E-state index in [1.807, 2.05) is 0 Å². The highest BCUT2D eigenvalue weighted by Gasteiger charge is 2.08. The van der Waals surface area contributed by atoms with Gasteiger partial charge in [-0.25, -0.2) is 4.79 Å². The first-order chi connectivity index (χ1) is 13.0. The molecule has 0 radical (unpaired) electrons. The number of rotatable bonds is 9. The third-order valence-corrected chi connectivity index (χ3v) is 3.37. The van der Waals surface area contributed by atoms with Crippen molar-refractivity contribution in [2.24, 2.45) is 0 Å². The fourth-order valence-corrected chi connectivity index (χ4v) is 2.09. The summed E-state index contributed by atoms with van der Waals surface area (Å²) in [6.45, 7) is -0.845. The van der Waals surface area contributed by atoms with E-state index in [0.717, 1.165) is 5.56 Å². The summed E-state index contributed by atoms with van der Waals surface area (Å²) in [6.07, 6.45) is 0. The molecule has 144 valence electrons. The highest BCUT2D eigenvalue weighted by atomic mass is 19.3. The quantitative estimate of drug-likeness (QED) is 0.678. The van der Waals surface area contributed by atoms with Crippen LogP contribution in [0.15, 0.2) is 48.5 Å². The van der Waals surface area contributed by atoms with Crippen LogP contribution in [0.1, 0.15) is 22.8 Å². The SMILES string of the molecule is CCOC(=O)c1ccc(OCC(=O)NCc2ccc(OC(F)F)cc2)cc1. The molecule has 0 aliphatic carbocycles. The smallest absolute Gasteiger partial charge is 0.387 e. The number of amides is 1. The molecule has 0 bridgehead atoms. The van der Waals surface area contributed by atoms with Crippen molar-refractivity contribution < 1.29 is 32.6 Å². The van der Waals surface area contributed by atoms with E-state index >= 15 is 0 Å². The Morgan fingerprint density at radius 2 is 1.63 bits per heavy atom. The van der Waals surface area contributed by atoms with Crippen LogP contribution in [0.25, 0.3) is 0 Å². The minimum Gasteiger partial charge on any atom is -0.484 e. The van der Waals surface area contributed by atoms with Crippen LogP contribution < -0.4 is 14.8 Å². The maximum absolute atomic E-state index is 12.1. The molecule has 0 unspecified atom stereocenters. The van der Waals surface area contributed by atoms with Gasteiger partial charge in [-0.1, -0.05) is 12.1 Å². The van der Waals surface area contributed by atoms with Crippen molar-refractivity contribution in [2.45, 2.75) is 20.1 Å². The molecule has 27 heavy (non-hydrogen) atoms. The zero-order valence-corrected chi connectivity index (χ0v) is 14.6. The third-order valence-electron chi connectivity index (χ3n) is 3.37. The molecule has 0 saturated heterocycles. The monoisotopic (exact) mass is 379 g/mol. The summed E-state index contributed by atoms with van der Waals surface area (Å²) in [4.78, 5) is 23.4. The molecule has 0 aliphatic rings. The Hall–Kier alpha value is -3.16. The molecule has 2 aromatic carbocycles. The van der Waals surface area contributed by atoms with Crippen molar-refractivity contribution in [1.29, 1.82) is 0 Å². The number of carbonyl (C=O) groups is 2. The molecule has 8 heteroatoms. The molecule has 0 saturated carbocycles. The van der Waals surface area contributed by atoms with Crippen molar-refractivity contribution in [3.63, 3.8) is 0 Å². The highest BCUT2D eigenvalue weighted by Crippen LogP contribution is 2.15. The van der Waals surface area contributed by atoms with E-state index < -0.39 is 12.6 Å². The molecule has 0 heterocycles. The molecule has 0 fully saturated rings. The van der Waals surface area contributed by atoms with Crippen molar-refractivity contribution in [2.75, 3.05) is 13.2 Å². The Balaban J connectivity index is 1.75. The van der Waals surface area contributed by atoms with E-state index in [1.54, 1.807) is 43.3 Å². The van der Waals surface area contributed by atoms with Gasteiger partial charge in [0.2, 0.25) is 0 Å². The van der Waals surface area contributed by atoms with Crippen LogP contribution >= 0.6 is 0 Å². The summed E-state index contributed by atoms with van der Waals surface area (Å²) in [5.41, 5.74) is 1.12. The average molecular weight is 379 g/mol. The minimum absolute atomic E-state index is 0.0506. The lowest BCUT2D eigenvalue weighted by molar-refractivity contribution is -0.123. The Kier molecular flexibility index (Phi) is 7.54. The maximum atomic E-state index is 12.1. The van der Waals surface area contributed by atoms with Crippen LogP contribution in [0.2, 0.25) is 0 Å². The first-order valence-corrected chi connectivity index (χ1v) is 8.18. The average Bonchev–Trinajstić information content (AvgIpc) is 2.66. The van der Waals surface area contributed by atoms with Crippen LogP contribution in [0.4, 0.5) is 8.78 Å². The van der Waals surface area contributed by atoms with Crippen LogP contribution in [0, 0.1) is 0 Å². The van der Waals surface area contributed by atoms with Gasteiger partial charge in [0.25, 0.3) is 5.91 Å². The number of benzene rings is 2. The third kappa shape index (κ3) is 6.93. The maximum Gasteiger partial charge on any atom is 0.387 e. The highest BCUT2D eigenvalue weighted by molar-refractivity contribution is 5.89. The van der Waals surface area contributed by atoms with E-state index in [4.69, 9.17) is 9.47 Å². The molecular weight excluding hydrogens is 360 g/mol. The van der Waals surface area contributed by atoms with E-state index in [2.05, 4.69) is 10.1 Å². The standard InChI is InChI=1S/C19H19F2NO5/c1-2-25-18(24)14-5-9-15(10-6-14)26-12-17(23)22-11-13-3-7-16(8-4-13)27-19(20)21/h3-10,19H,2,11-12H2,1H3,(H,22,23). The van der Waals surface area contributed by atoms with Gasteiger partial charge in [0.15, 0.2) is 6.61 Å². The number of nitrogens with one attached hydrogen (secondary N) is 1. The Morgan fingerprint density at radius 1 is 1.00 bits per heavy atom. The molecule has 2 rings (SSSR count). The number of esters is 1. The van der Waals surface area contributed by atoms with Gasteiger partial charge in [0.1, 0.15) is 11.5 Å². The van der Waals surface area contributed by atoms with E-state index in [0.29, 0.717) is 17.9 Å². The van der Waals surface area contributed by atoms with Gasteiger partial charge in [0.05, 0.1) is 12.2 Å². The Labute approximate surface area is 155 Å². The summed E-state index contributed by atoms with van der Waals surface area (Å²) in [5.74, 6) is -0.287. The summed E-state index contributed by atoms with van der Waals surface area (Å²) in [6, 6.07) is 12.2. The van der Waals surface area contributed by atoms with Gasteiger partial charge >= 0.3 is 12.6 Å². The van der Waals surface area contributed by atoms with Gasteiger partial charge < -0.3 is 19.5 Å². The zero-order valence-electron chi connectivity index (χ0n) is 14.6. The summed E-state index contributed by atoms with van der Waals surface area (Å²) in [5, 5.41) is 2.65. The Bertz CT molecular complexity index is 748. The lowest BCUT2D eigenvalue weighted by atomic mass is 10.2. The molecular formula is C19H19F2NO5. The number of hydrogen-bond acceptors (Lipinski definition) is 5. The topological polar surface area (TPSA) is 73.9 Å². The zero-order chi connectivity index (χ0) is 19.6. The van der Waals surface area contributed by atoms with Gasteiger partial charge in [-0.2, -0.15) is 8.78 Å². The first-order valence-electron chi connectivity index (χ1n) is 8.18. The second kappa shape index (κ2) is 10.1. The number of alkyl halides is 2. The predicted molar refractivity (Wildman–Crippen MR) is 92.8 cm³/mol. The fraction of sp³-hybridized carbons (Fsp3) is 0.263. The lowest BCUT2D eigenvalue weighted by Crippen LogP contribution is -2.28. The van der Waals surface area contributed by atoms with Crippen LogP contribution in [-0.4, -0.2) is 31.7 Å². The lowest BCUT2D eigenvalue weighted by Gasteiger charge is -2.09. The van der Waals surface area contributed by atoms with Gasteiger partial charge in [-0.05, 0) is 48.9 Å². The van der Waals surface area contributed by atoms with Crippen LogP contribution in [0.5, 0.6) is 11.5 Å². The van der Waals surface area contributed by atoms with Crippen LogP contribution in [0.3, 0.4) is 0 Å². The predicted octanol–water partition coefficient (Wildman–Crippen LogP) is 3.16. The molecule has 1 amide bonds. The number of hydrogen-bond donors (Lipinski definition) is 1. The fourth-order valence-electron chi connectivity index (χ4n) is 2.09. The molecule has 0 aliphatic heterocycles. The van der Waals surface area contributed by atoms with Crippen molar-refractivity contribution in [3.8, 4) is 11.5 Å². The number of ether oxygens (including phenoxy) is 3. The molecule has 0 atom stereocenters. The summed E-state index contributed by atoms with van der Waals surface area (Å²) < 4.78 is 38.6. The van der Waals surface area contributed by atoms with Gasteiger partial charge in [-0.3, -0.25) is 4.79 Å². The molecule has 1 N–H and O–H groups in total. The number of carbonyl (C=O) groups excluding carboxylic acids is 2. The number of halogens is 2. The van der Waals surface area contributed by atoms with Gasteiger partial charge in [0, 0.05) is 6.54 Å². The van der Waals surface area contributed by atoms with Crippen molar-refractivity contribution in [1.82, 2.24) is 5.32 Å². The second-order valence-electron chi connectivity index (χ2n) is 5.33. The molecule has 0 spiro atoms. The molecule has 6 nitrogen and oxygen atoms in total. The Morgan fingerprint density at radius 3 is 2.22 bits per heavy atom. The van der Waals surface area contributed by atoms with E-state index in [9.17, 15) is 18.4 Å². The summed E-state index contributed by atoms with van der Waals surface area (Å²) >= 11 is 0. The van der Waals surface area contributed by atoms with Crippen molar-refractivity contribution in [3.05, 3.63) is 59.7 Å². The normalized spacial score (nSPS) is 10.4. The second-order valence-corrected chi connectivity index (χ2v) is 5.33. The summed E-state index contributed by atoms with van der Waals surface area (Å²) in [7, 11) is 0. The molecule has 0 aromatic heterocycles. The minimum atomic E-state index is -2.88. The van der Waals surface area contributed by atoms with Crippen LogP contribution in [-0.2, 0) is 16.1 Å². The van der Waals surface area contributed by atoms with Gasteiger partial charge in [-0.15, -0.1) is 0 Å². The molecule has 2 aromatic rings. The van der Waals surface area contributed by atoms with E-state index in [1.165, 1.54) is 12.1 Å².